The predicted molar refractivity (Wildman–Crippen MR) is 136 cm³/mol. The second-order valence-corrected chi connectivity index (χ2v) is 9.63. The normalized spacial score (nSPS) is 14.2. The summed E-state index contributed by atoms with van der Waals surface area (Å²) in [7, 11) is 0. The Bertz CT molecular complexity index is 1060. The van der Waals surface area contributed by atoms with Crippen LogP contribution in [0, 0.1) is 0 Å². The summed E-state index contributed by atoms with van der Waals surface area (Å²) in [6.07, 6.45) is 3.64. The Morgan fingerprint density at radius 1 is 1.00 bits per heavy atom. The van der Waals surface area contributed by atoms with Crippen LogP contribution in [0.2, 0.25) is 0 Å². The molecule has 0 atom stereocenters. The summed E-state index contributed by atoms with van der Waals surface area (Å²) >= 11 is 1.73. The zero-order valence-corrected chi connectivity index (χ0v) is 20.2. The van der Waals surface area contributed by atoms with Crippen LogP contribution < -0.4 is 10.6 Å². The number of unbranched alkanes of at least 4 members (excludes halogenated alkanes) is 1. The van der Waals surface area contributed by atoms with E-state index in [0.717, 1.165) is 73.9 Å². The first kappa shape index (κ1) is 24.3. The van der Waals surface area contributed by atoms with Gasteiger partial charge in [0.25, 0.3) is 0 Å². The van der Waals surface area contributed by atoms with E-state index in [0.29, 0.717) is 19.4 Å². The van der Waals surface area contributed by atoms with E-state index in [2.05, 4.69) is 26.6 Å². The Morgan fingerprint density at radius 3 is 2.71 bits per heavy atom. The molecule has 0 spiro atoms. The van der Waals surface area contributed by atoms with Gasteiger partial charge >= 0.3 is 0 Å². The van der Waals surface area contributed by atoms with E-state index in [4.69, 9.17) is 4.74 Å². The van der Waals surface area contributed by atoms with Gasteiger partial charge in [0.1, 0.15) is 0 Å². The molecule has 0 radical (unpaired) electrons. The molecule has 180 valence electrons. The monoisotopic (exact) mass is 480 g/mol. The molecular weight excluding hydrogens is 448 g/mol. The van der Waals surface area contributed by atoms with Gasteiger partial charge in [0, 0.05) is 44.7 Å². The molecule has 1 fully saturated rings. The fraction of sp³-hybridized carbons (Fsp3) is 0.423. The van der Waals surface area contributed by atoms with Gasteiger partial charge in [-0.15, -0.1) is 11.3 Å². The predicted octanol–water partition coefficient (Wildman–Crippen LogP) is 3.99. The number of carbonyl (C=O) groups is 2. The van der Waals surface area contributed by atoms with E-state index < -0.39 is 0 Å². The molecule has 7 nitrogen and oxygen atoms in total. The minimum Gasteiger partial charge on any atom is -0.379 e. The topological polar surface area (TPSA) is 83.6 Å². The highest BCUT2D eigenvalue weighted by Crippen LogP contribution is 2.22. The number of para-hydroxylation sites is 1. The number of ether oxygens (including phenoxy) is 1. The van der Waals surface area contributed by atoms with Crippen LogP contribution in [0.1, 0.15) is 36.3 Å². The van der Waals surface area contributed by atoms with Crippen molar-refractivity contribution in [2.75, 3.05) is 38.2 Å². The molecule has 0 saturated carbocycles. The molecule has 2 amide bonds. The van der Waals surface area contributed by atoms with Gasteiger partial charge in [-0.25, -0.2) is 4.98 Å². The molecule has 2 heterocycles. The molecular formula is C26H32N4O3S. The molecule has 3 aromatic rings. The number of aromatic nitrogens is 1. The molecule has 0 aliphatic carbocycles. The number of morpholine rings is 1. The summed E-state index contributed by atoms with van der Waals surface area (Å²) in [4.78, 5) is 31.4. The van der Waals surface area contributed by atoms with Crippen molar-refractivity contribution in [1.82, 2.24) is 15.2 Å². The van der Waals surface area contributed by atoms with Crippen molar-refractivity contribution in [1.29, 1.82) is 0 Å². The number of benzene rings is 2. The van der Waals surface area contributed by atoms with Crippen LogP contribution in [0.4, 0.5) is 5.69 Å². The molecule has 4 rings (SSSR count). The largest absolute Gasteiger partial charge is 0.379 e. The van der Waals surface area contributed by atoms with Gasteiger partial charge in [-0.2, -0.15) is 0 Å². The third-order valence-electron chi connectivity index (χ3n) is 5.84. The van der Waals surface area contributed by atoms with Crippen LogP contribution in [0.3, 0.4) is 0 Å². The first-order valence-electron chi connectivity index (χ1n) is 12.0. The van der Waals surface area contributed by atoms with Crippen molar-refractivity contribution < 1.29 is 14.3 Å². The maximum absolute atomic E-state index is 12.3. The number of hydrogen-bond donors (Lipinski definition) is 2. The summed E-state index contributed by atoms with van der Waals surface area (Å²) in [6.45, 7) is 4.42. The summed E-state index contributed by atoms with van der Waals surface area (Å²) < 4.78 is 6.55. The maximum atomic E-state index is 12.3. The quantitative estimate of drug-likeness (QED) is 0.406. The Hall–Kier alpha value is -2.81. The number of hydrogen-bond acceptors (Lipinski definition) is 6. The van der Waals surface area contributed by atoms with Gasteiger partial charge in [-0.05, 0) is 49.1 Å². The summed E-state index contributed by atoms with van der Waals surface area (Å²) in [5, 5.41) is 7.08. The zero-order valence-electron chi connectivity index (χ0n) is 19.4. The highest BCUT2D eigenvalue weighted by molar-refractivity contribution is 7.18. The van der Waals surface area contributed by atoms with Crippen molar-refractivity contribution in [3.8, 4) is 0 Å². The lowest BCUT2D eigenvalue weighted by atomic mass is 10.1. The van der Waals surface area contributed by atoms with Crippen molar-refractivity contribution in [3.63, 3.8) is 0 Å². The van der Waals surface area contributed by atoms with Crippen LogP contribution >= 0.6 is 11.3 Å². The lowest BCUT2D eigenvalue weighted by Gasteiger charge is -2.26. The molecule has 0 unspecified atom stereocenters. The van der Waals surface area contributed by atoms with Crippen molar-refractivity contribution in [2.45, 2.75) is 38.6 Å². The number of aryl methyl sites for hydroxylation is 1. The van der Waals surface area contributed by atoms with E-state index >= 15 is 0 Å². The molecule has 1 aliphatic rings. The minimum atomic E-state index is 0.000744. The number of anilines is 1. The van der Waals surface area contributed by atoms with Crippen LogP contribution in [0.5, 0.6) is 0 Å². The van der Waals surface area contributed by atoms with Crippen molar-refractivity contribution in [3.05, 3.63) is 59.1 Å². The molecule has 8 heteroatoms. The van der Waals surface area contributed by atoms with Gasteiger partial charge < -0.3 is 15.4 Å². The number of rotatable bonds is 11. The number of nitrogens with one attached hydrogen (secondary N) is 2. The fourth-order valence-electron chi connectivity index (χ4n) is 3.94. The van der Waals surface area contributed by atoms with E-state index in [1.165, 1.54) is 4.70 Å². The molecule has 2 aromatic carbocycles. The molecule has 1 aliphatic heterocycles. The van der Waals surface area contributed by atoms with E-state index in [9.17, 15) is 9.59 Å². The van der Waals surface area contributed by atoms with Crippen LogP contribution in [-0.4, -0.2) is 54.5 Å². The highest BCUT2D eigenvalue weighted by atomic mass is 32.1. The van der Waals surface area contributed by atoms with Crippen molar-refractivity contribution >= 4 is 39.1 Å². The van der Waals surface area contributed by atoms with Crippen molar-refractivity contribution in [2.24, 2.45) is 0 Å². The van der Waals surface area contributed by atoms with Crippen LogP contribution in [0.15, 0.2) is 48.5 Å². The minimum absolute atomic E-state index is 0.000744. The molecule has 2 N–H and O–H groups in total. The fourth-order valence-corrected chi connectivity index (χ4v) is 4.95. The van der Waals surface area contributed by atoms with Gasteiger partial charge in [0.05, 0.1) is 28.4 Å². The SMILES string of the molecule is O=C(CCCCc1nc2ccccc2s1)NCc1cccc(NC(=O)CCN2CCOCC2)c1. The average molecular weight is 481 g/mol. The van der Waals surface area contributed by atoms with Crippen LogP contribution in [-0.2, 0) is 27.3 Å². The molecule has 0 bridgehead atoms. The Kier molecular flexibility index (Phi) is 9.01. The number of nitrogens with zero attached hydrogens (tertiary/aromatic N) is 2. The third kappa shape index (κ3) is 7.62. The third-order valence-corrected chi connectivity index (χ3v) is 6.94. The first-order valence-corrected chi connectivity index (χ1v) is 12.8. The Balaban J connectivity index is 1.13. The molecule has 34 heavy (non-hydrogen) atoms. The Morgan fingerprint density at radius 2 is 1.85 bits per heavy atom. The van der Waals surface area contributed by atoms with Gasteiger partial charge in [0.2, 0.25) is 11.8 Å². The molecule has 1 aromatic heterocycles. The average Bonchev–Trinajstić information content (AvgIpc) is 3.28. The maximum Gasteiger partial charge on any atom is 0.225 e. The lowest BCUT2D eigenvalue weighted by molar-refractivity contribution is -0.121. The Labute approximate surface area is 204 Å². The van der Waals surface area contributed by atoms with E-state index in [1.54, 1.807) is 11.3 Å². The first-order chi connectivity index (χ1) is 16.7. The van der Waals surface area contributed by atoms with Gasteiger partial charge in [0.15, 0.2) is 0 Å². The van der Waals surface area contributed by atoms with Gasteiger partial charge in [-0.1, -0.05) is 24.3 Å². The summed E-state index contributed by atoms with van der Waals surface area (Å²) in [6, 6.07) is 15.8. The molecule has 1 saturated heterocycles. The number of fused-ring (bicyclic) bond motifs is 1. The number of amides is 2. The van der Waals surface area contributed by atoms with Gasteiger partial charge in [-0.3, -0.25) is 14.5 Å². The summed E-state index contributed by atoms with van der Waals surface area (Å²) in [5.74, 6) is 0.0463. The zero-order chi connectivity index (χ0) is 23.6. The summed E-state index contributed by atoms with van der Waals surface area (Å²) in [5.41, 5.74) is 2.78. The highest BCUT2D eigenvalue weighted by Gasteiger charge is 2.12. The number of carbonyl (C=O) groups excluding carboxylic acids is 2. The van der Waals surface area contributed by atoms with E-state index in [1.807, 2.05) is 42.5 Å². The van der Waals surface area contributed by atoms with Crippen LogP contribution in [0.25, 0.3) is 10.2 Å². The standard InChI is InChI=1S/C26H32N4O3S/c31-24(10-3-4-11-26-29-22-8-1-2-9-23(22)34-26)27-19-20-6-5-7-21(18-20)28-25(32)12-13-30-14-16-33-17-15-30/h1-2,5-9,18H,3-4,10-17,19H2,(H,27,31)(H,28,32). The smallest absolute Gasteiger partial charge is 0.225 e. The second kappa shape index (κ2) is 12.6. The number of thiazole rings is 1. The van der Waals surface area contributed by atoms with E-state index in [-0.39, 0.29) is 11.8 Å². The second-order valence-electron chi connectivity index (χ2n) is 8.51. The lowest BCUT2D eigenvalue weighted by Crippen LogP contribution is -2.38.